The summed E-state index contributed by atoms with van der Waals surface area (Å²) in [5.74, 6) is -0.534. The summed E-state index contributed by atoms with van der Waals surface area (Å²) in [4.78, 5) is 37.6. The maximum atomic E-state index is 12.2. The van der Waals surface area contributed by atoms with Crippen LogP contribution in [0.5, 0.6) is 5.75 Å². The number of thiocarbonyl (C=S) groups is 1. The Labute approximate surface area is 168 Å². The van der Waals surface area contributed by atoms with Crippen molar-refractivity contribution in [1.29, 1.82) is 0 Å². The van der Waals surface area contributed by atoms with Crippen molar-refractivity contribution >= 4 is 41.2 Å². The van der Waals surface area contributed by atoms with Crippen LogP contribution < -0.4 is 15.4 Å². The average molecular weight is 405 g/mol. The van der Waals surface area contributed by atoms with Gasteiger partial charge in [0.1, 0.15) is 11.8 Å². The van der Waals surface area contributed by atoms with Crippen LogP contribution in [0.1, 0.15) is 18.9 Å². The molecule has 28 heavy (non-hydrogen) atoms. The Morgan fingerprint density at radius 1 is 1.36 bits per heavy atom. The summed E-state index contributed by atoms with van der Waals surface area (Å²) in [7, 11) is 1.58. The van der Waals surface area contributed by atoms with Gasteiger partial charge in [0.25, 0.3) is 0 Å². The SMILES string of the molecule is CCOC(=O)CC1C(=O)NCCN1C(=S)NC(=O)C=Cc1ccc(OC)cc1. The minimum absolute atomic E-state index is 0.0912. The zero-order chi connectivity index (χ0) is 20.5. The first-order chi connectivity index (χ1) is 13.4. The number of benzene rings is 1. The number of methoxy groups -OCH3 is 1. The van der Waals surface area contributed by atoms with Gasteiger partial charge in [-0.3, -0.25) is 19.7 Å². The van der Waals surface area contributed by atoms with Gasteiger partial charge in [0.05, 0.1) is 20.1 Å². The highest BCUT2D eigenvalue weighted by Gasteiger charge is 2.33. The Morgan fingerprint density at radius 3 is 2.71 bits per heavy atom. The van der Waals surface area contributed by atoms with Gasteiger partial charge in [-0.1, -0.05) is 12.1 Å². The van der Waals surface area contributed by atoms with Crippen LogP contribution in [0.3, 0.4) is 0 Å². The van der Waals surface area contributed by atoms with Crippen LogP contribution in [0.4, 0.5) is 0 Å². The summed E-state index contributed by atoms with van der Waals surface area (Å²) >= 11 is 5.27. The summed E-state index contributed by atoms with van der Waals surface area (Å²) in [5, 5.41) is 5.35. The maximum Gasteiger partial charge on any atom is 0.308 e. The summed E-state index contributed by atoms with van der Waals surface area (Å²) in [5.41, 5.74) is 0.819. The smallest absolute Gasteiger partial charge is 0.308 e. The normalized spacial score (nSPS) is 16.4. The van der Waals surface area contributed by atoms with Crippen molar-refractivity contribution in [2.75, 3.05) is 26.8 Å². The molecule has 1 aromatic carbocycles. The molecule has 1 aromatic rings. The van der Waals surface area contributed by atoms with Crippen LogP contribution in [0.2, 0.25) is 0 Å². The van der Waals surface area contributed by atoms with E-state index >= 15 is 0 Å². The van der Waals surface area contributed by atoms with Crippen LogP contribution in [0.15, 0.2) is 30.3 Å². The van der Waals surface area contributed by atoms with Gasteiger partial charge in [0, 0.05) is 19.2 Å². The molecular formula is C19H23N3O5S. The lowest BCUT2D eigenvalue weighted by Crippen LogP contribution is -2.60. The number of rotatable bonds is 6. The first-order valence-electron chi connectivity index (χ1n) is 8.81. The number of hydrogen-bond acceptors (Lipinski definition) is 6. The highest BCUT2D eigenvalue weighted by Crippen LogP contribution is 2.13. The molecule has 0 aromatic heterocycles. The van der Waals surface area contributed by atoms with E-state index in [-0.39, 0.29) is 24.0 Å². The number of ether oxygens (including phenoxy) is 2. The number of amides is 2. The van der Waals surface area contributed by atoms with E-state index in [1.54, 1.807) is 32.2 Å². The third-order valence-electron chi connectivity index (χ3n) is 4.03. The van der Waals surface area contributed by atoms with Crippen LogP contribution in [-0.2, 0) is 19.1 Å². The quantitative estimate of drug-likeness (QED) is 0.412. The van der Waals surface area contributed by atoms with Crippen molar-refractivity contribution in [1.82, 2.24) is 15.5 Å². The predicted octanol–water partition coefficient (Wildman–Crippen LogP) is 0.863. The molecule has 0 aliphatic carbocycles. The number of nitrogens with zero attached hydrogens (tertiary/aromatic N) is 1. The molecule has 0 saturated carbocycles. The first-order valence-corrected chi connectivity index (χ1v) is 9.22. The molecule has 1 unspecified atom stereocenters. The van der Waals surface area contributed by atoms with E-state index in [4.69, 9.17) is 21.7 Å². The second-order valence-corrected chi connectivity index (χ2v) is 6.30. The molecule has 9 heteroatoms. The van der Waals surface area contributed by atoms with Gasteiger partial charge in [-0.25, -0.2) is 0 Å². The second-order valence-electron chi connectivity index (χ2n) is 5.91. The zero-order valence-corrected chi connectivity index (χ0v) is 16.6. The molecule has 0 radical (unpaired) electrons. The molecule has 0 spiro atoms. The molecule has 2 N–H and O–H groups in total. The van der Waals surface area contributed by atoms with Crippen molar-refractivity contribution in [2.24, 2.45) is 0 Å². The van der Waals surface area contributed by atoms with Crippen molar-refractivity contribution in [3.63, 3.8) is 0 Å². The van der Waals surface area contributed by atoms with Crippen molar-refractivity contribution in [2.45, 2.75) is 19.4 Å². The molecule has 1 fully saturated rings. The van der Waals surface area contributed by atoms with E-state index in [1.165, 1.54) is 11.0 Å². The van der Waals surface area contributed by atoms with Gasteiger partial charge in [-0.2, -0.15) is 0 Å². The van der Waals surface area contributed by atoms with Crippen LogP contribution in [0, 0.1) is 0 Å². The number of piperazine rings is 1. The standard InChI is InChI=1S/C19H23N3O5S/c1-3-27-17(24)12-15-18(25)20-10-11-22(15)19(28)21-16(23)9-6-13-4-7-14(26-2)8-5-13/h4-9,15H,3,10-12H2,1-2H3,(H,20,25)(H,21,23,28). The van der Waals surface area contributed by atoms with Crippen molar-refractivity contribution in [3.05, 3.63) is 35.9 Å². The molecule has 1 saturated heterocycles. The molecule has 8 nitrogen and oxygen atoms in total. The number of esters is 1. The Morgan fingerprint density at radius 2 is 2.07 bits per heavy atom. The lowest BCUT2D eigenvalue weighted by atomic mass is 10.1. The Hall–Kier alpha value is -2.94. The largest absolute Gasteiger partial charge is 0.497 e. The molecule has 1 atom stereocenters. The molecule has 150 valence electrons. The highest BCUT2D eigenvalue weighted by molar-refractivity contribution is 7.80. The average Bonchev–Trinajstić information content (AvgIpc) is 2.68. The second kappa shape index (κ2) is 10.4. The summed E-state index contributed by atoms with van der Waals surface area (Å²) in [6.45, 7) is 2.67. The third-order valence-corrected chi connectivity index (χ3v) is 4.37. The maximum absolute atomic E-state index is 12.2. The molecule has 1 aliphatic rings. The Kier molecular flexibility index (Phi) is 7.94. The van der Waals surface area contributed by atoms with Crippen LogP contribution >= 0.6 is 12.2 Å². The summed E-state index contributed by atoms with van der Waals surface area (Å²) in [6.07, 6.45) is 2.84. The predicted molar refractivity (Wildman–Crippen MR) is 108 cm³/mol. The summed E-state index contributed by atoms with van der Waals surface area (Å²) < 4.78 is 9.99. The number of carbonyl (C=O) groups is 3. The van der Waals surface area contributed by atoms with E-state index in [2.05, 4.69) is 10.6 Å². The Balaban J connectivity index is 1.97. The molecule has 1 heterocycles. The third kappa shape index (κ3) is 6.05. The van der Waals surface area contributed by atoms with Gasteiger partial charge in [-0.15, -0.1) is 0 Å². The van der Waals surface area contributed by atoms with E-state index in [0.717, 1.165) is 11.3 Å². The topological polar surface area (TPSA) is 97.0 Å². The number of nitrogens with one attached hydrogen (secondary N) is 2. The van der Waals surface area contributed by atoms with Crippen LogP contribution in [0.25, 0.3) is 6.08 Å². The fourth-order valence-electron chi connectivity index (χ4n) is 2.64. The summed E-state index contributed by atoms with van der Waals surface area (Å²) in [6, 6.07) is 6.38. The number of hydrogen-bond donors (Lipinski definition) is 2. The van der Waals surface area contributed by atoms with E-state index in [1.807, 2.05) is 12.1 Å². The molecule has 1 aliphatic heterocycles. The monoisotopic (exact) mass is 405 g/mol. The fraction of sp³-hybridized carbons (Fsp3) is 0.368. The lowest BCUT2D eigenvalue weighted by Gasteiger charge is -2.36. The van der Waals surface area contributed by atoms with Crippen molar-refractivity contribution in [3.8, 4) is 5.75 Å². The van der Waals surface area contributed by atoms with E-state index in [0.29, 0.717) is 13.1 Å². The van der Waals surface area contributed by atoms with Gasteiger partial charge >= 0.3 is 5.97 Å². The zero-order valence-electron chi connectivity index (χ0n) is 15.8. The molecule has 0 bridgehead atoms. The fourth-order valence-corrected chi connectivity index (χ4v) is 2.96. The minimum Gasteiger partial charge on any atom is -0.497 e. The Bertz CT molecular complexity index is 763. The van der Waals surface area contributed by atoms with Gasteiger partial charge < -0.3 is 19.7 Å². The first kappa shape index (κ1) is 21.4. The molecule has 2 amide bonds. The minimum atomic E-state index is -0.814. The van der Waals surface area contributed by atoms with Gasteiger partial charge in [0.2, 0.25) is 11.8 Å². The van der Waals surface area contributed by atoms with E-state index in [9.17, 15) is 14.4 Å². The molecular weight excluding hydrogens is 382 g/mol. The highest BCUT2D eigenvalue weighted by atomic mass is 32.1. The molecule has 2 rings (SSSR count). The number of carbonyl (C=O) groups excluding carboxylic acids is 3. The van der Waals surface area contributed by atoms with Crippen molar-refractivity contribution < 1.29 is 23.9 Å². The van der Waals surface area contributed by atoms with E-state index < -0.39 is 17.9 Å². The van der Waals surface area contributed by atoms with Crippen LogP contribution in [-0.4, -0.2) is 60.6 Å². The van der Waals surface area contributed by atoms with Gasteiger partial charge in [0.15, 0.2) is 5.11 Å². The lowest BCUT2D eigenvalue weighted by molar-refractivity contribution is -0.147. The van der Waals surface area contributed by atoms with Gasteiger partial charge in [-0.05, 0) is 42.9 Å².